The molecule has 13 heteroatoms. The number of aromatic carboxylic acids is 1. The molecule has 0 saturated carbocycles. The van der Waals surface area contributed by atoms with Crippen LogP contribution in [0.2, 0.25) is 0 Å². The van der Waals surface area contributed by atoms with Gasteiger partial charge in [0.2, 0.25) is 15.0 Å². The van der Waals surface area contributed by atoms with Crippen LogP contribution in [0.1, 0.15) is 32.7 Å². The third-order valence-electron chi connectivity index (χ3n) is 4.92. The molecule has 1 heterocycles. The van der Waals surface area contributed by atoms with Gasteiger partial charge in [0.1, 0.15) is 5.56 Å². The first-order valence-corrected chi connectivity index (χ1v) is 11.4. The molecule has 0 aliphatic heterocycles. The van der Waals surface area contributed by atoms with Crippen LogP contribution in [0.3, 0.4) is 0 Å². The first kappa shape index (κ1) is 26.1. The maximum absolute atomic E-state index is 13.1. The second kappa shape index (κ2) is 9.29. The van der Waals surface area contributed by atoms with Crippen LogP contribution >= 0.6 is 0 Å². The molecule has 35 heavy (non-hydrogen) atoms. The SMILES string of the molecule is Cc1nc(S(=O)(=O)CCc2cc(C(F)(F)F)cc(C(F)(F)F)c2)nc(-c2ccccc2)c1C(=O)O. The van der Waals surface area contributed by atoms with Crippen molar-refractivity contribution in [3.8, 4) is 11.3 Å². The molecule has 1 aromatic heterocycles. The van der Waals surface area contributed by atoms with Crippen molar-refractivity contribution < 1.29 is 44.7 Å². The van der Waals surface area contributed by atoms with E-state index in [4.69, 9.17) is 0 Å². The second-order valence-electron chi connectivity index (χ2n) is 7.47. The zero-order valence-corrected chi connectivity index (χ0v) is 18.6. The van der Waals surface area contributed by atoms with E-state index in [1.807, 2.05) is 0 Å². The van der Waals surface area contributed by atoms with E-state index in [1.54, 1.807) is 18.2 Å². The highest BCUT2D eigenvalue weighted by Gasteiger charge is 2.37. The molecule has 0 amide bonds. The first-order chi connectivity index (χ1) is 16.1. The van der Waals surface area contributed by atoms with Crippen molar-refractivity contribution in [1.82, 2.24) is 9.97 Å². The van der Waals surface area contributed by atoms with E-state index in [9.17, 15) is 44.7 Å². The lowest BCUT2D eigenvalue weighted by Crippen LogP contribution is -2.18. The Labute approximate surface area is 195 Å². The molecule has 0 atom stereocenters. The predicted octanol–water partition coefficient (Wildman–Crippen LogP) is 5.20. The molecule has 0 aliphatic carbocycles. The van der Waals surface area contributed by atoms with Crippen LogP contribution in [0.4, 0.5) is 26.3 Å². The number of aromatic nitrogens is 2. The third-order valence-corrected chi connectivity index (χ3v) is 6.40. The van der Waals surface area contributed by atoms with E-state index < -0.39 is 62.2 Å². The van der Waals surface area contributed by atoms with Crippen LogP contribution in [-0.2, 0) is 28.6 Å². The van der Waals surface area contributed by atoms with Crippen molar-refractivity contribution in [2.45, 2.75) is 30.9 Å². The summed E-state index contributed by atoms with van der Waals surface area (Å²) in [6.07, 6.45) is -10.8. The molecule has 0 bridgehead atoms. The van der Waals surface area contributed by atoms with Crippen LogP contribution in [0.15, 0.2) is 53.7 Å². The molecule has 0 saturated heterocycles. The quantitative estimate of drug-likeness (QED) is 0.356. The van der Waals surface area contributed by atoms with Crippen molar-refractivity contribution >= 4 is 15.8 Å². The van der Waals surface area contributed by atoms with Crippen LogP contribution in [-0.4, -0.2) is 35.2 Å². The summed E-state index contributed by atoms with van der Waals surface area (Å²) in [6.45, 7) is 1.25. The minimum absolute atomic E-state index is 0.0543. The number of carboxylic acid groups (broad SMARTS) is 1. The van der Waals surface area contributed by atoms with Gasteiger partial charge in [-0.15, -0.1) is 0 Å². The Hall–Kier alpha value is -3.48. The average molecular weight is 518 g/mol. The van der Waals surface area contributed by atoms with E-state index in [1.165, 1.54) is 19.1 Å². The van der Waals surface area contributed by atoms with Gasteiger partial charge < -0.3 is 5.11 Å². The van der Waals surface area contributed by atoms with E-state index in [0.29, 0.717) is 12.1 Å². The van der Waals surface area contributed by atoms with Crippen molar-refractivity contribution in [2.24, 2.45) is 0 Å². The lowest BCUT2D eigenvalue weighted by Gasteiger charge is -2.14. The molecule has 6 nitrogen and oxygen atoms in total. The average Bonchev–Trinajstić information content (AvgIpc) is 2.76. The summed E-state index contributed by atoms with van der Waals surface area (Å²) < 4.78 is 104. The molecule has 0 aliphatic rings. The maximum Gasteiger partial charge on any atom is 0.416 e. The number of nitrogens with zero attached hydrogens (tertiary/aromatic N) is 2. The Bertz CT molecular complexity index is 1340. The Balaban J connectivity index is 2.02. The van der Waals surface area contributed by atoms with Gasteiger partial charge in [-0.3, -0.25) is 0 Å². The molecule has 186 valence electrons. The molecule has 0 spiro atoms. The van der Waals surface area contributed by atoms with E-state index >= 15 is 0 Å². The number of benzene rings is 2. The Kier molecular flexibility index (Phi) is 6.93. The van der Waals surface area contributed by atoms with E-state index in [-0.39, 0.29) is 28.6 Å². The minimum atomic E-state index is -5.08. The fourth-order valence-electron chi connectivity index (χ4n) is 3.25. The van der Waals surface area contributed by atoms with E-state index in [0.717, 1.165) is 0 Å². The Morgan fingerprint density at radius 1 is 0.914 bits per heavy atom. The number of halogens is 6. The molecule has 0 fully saturated rings. The highest BCUT2D eigenvalue weighted by Crippen LogP contribution is 2.36. The largest absolute Gasteiger partial charge is 0.478 e. The van der Waals surface area contributed by atoms with Gasteiger partial charge in [0, 0.05) is 5.56 Å². The molecule has 0 unspecified atom stereocenters. The fourth-order valence-corrected chi connectivity index (χ4v) is 4.45. The van der Waals surface area contributed by atoms with Crippen molar-refractivity contribution in [3.63, 3.8) is 0 Å². The summed E-state index contributed by atoms with van der Waals surface area (Å²) in [6, 6.07) is 8.59. The van der Waals surface area contributed by atoms with Gasteiger partial charge >= 0.3 is 18.3 Å². The molecule has 2 aromatic carbocycles. The standard InChI is InChI=1S/C22H16F6N2O4S/c1-12-17(19(31)32)18(14-5-3-2-4-6-14)30-20(29-12)35(33,34)8-7-13-9-15(21(23,24)25)11-16(10-13)22(26,27)28/h2-6,9-11H,7-8H2,1H3,(H,31,32). The summed E-state index contributed by atoms with van der Waals surface area (Å²) in [5.41, 5.74) is -4.07. The normalized spacial score (nSPS) is 12.5. The fraction of sp³-hybridized carbons (Fsp3) is 0.227. The summed E-state index contributed by atoms with van der Waals surface area (Å²) >= 11 is 0. The van der Waals surface area contributed by atoms with Gasteiger partial charge in [-0.2, -0.15) is 26.3 Å². The highest BCUT2D eigenvalue weighted by molar-refractivity contribution is 7.91. The summed E-state index contributed by atoms with van der Waals surface area (Å²) in [5, 5.41) is 8.73. The number of carboxylic acids is 1. The molecular formula is C22H16F6N2O4S. The number of hydrogen-bond acceptors (Lipinski definition) is 5. The van der Waals surface area contributed by atoms with Gasteiger partial charge in [-0.05, 0) is 37.1 Å². The molecule has 3 rings (SSSR count). The minimum Gasteiger partial charge on any atom is -0.478 e. The van der Waals surface area contributed by atoms with E-state index in [2.05, 4.69) is 9.97 Å². The topological polar surface area (TPSA) is 97.2 Å². The van der Waals surface area contributed by atoms with Gasteiger partial charge in [0.25, 0.3) is 0 Å². The van der Waals surface area contributed by atoms with Crippen LogP contribution in [0, 0.1) is 6.92 Å². The summed E-state index contributed by atoms with van der Waals surface area (Å²) in [7, 11) is -4.43. The first-order valence-electron chi connectivity index (χ1n) is 9.78. The third kappa shape index (κ3) is 5.96. The summed E-state index contributed by atoms with van der Waals surface area (Å²) in [4.78, 5) is 19.3. The smallest absolute Gasteiger partial charge is 0.416 e. The number of carbonyl (C=O) groups is 1. The number of alkyl halides is 6. The maximum atomic E-state index is 13.1. The van der Waals surface area contributed by atoms with Gasteiger partial charge in [0.05, 0.1) is 28.3 Å². The van der Waals surface area contributed by atoms with Crippen molar-refractivity contribution in [1.29, 1.82) is 0 Å². The Morgan fingerprint density at radius 2 is 1.46 bits per heavy atom. The van der Waals surface area contributed by atoms with Gasteiger partial charge in [-0.1, -0.05) is 30.3 Å². The monoisotopic (exact) mass is 518 g/mol. The lowest BCUT2D eigenvalue weighted by atomic mass is 10.0. The van der Waals surface area contributed by atoms with Crippen molar-refractivity contribution in [3.05, 3.63) is 76.5 Å². The van der Waals surface area contributed by atoms with Gasteiger partial charge in [0.15, 0.2) is 0 Å². The lowest BCUT2D eigenvalue weighted by molar-refractivity contribution is -0.143. The zero-order valence-electron chi connectivity index (χ0n) is 17.8. The second-order valence-corrected chi connectivity index (χ2v) is 9.47. The molecular weight excluding hydrogens is 502 g/mol. The zero-order chi connectivity index (χ0) is 26.2. The molecule has 0 radical (unpaired) electrons. The predicted molar refractivity (Wildman–Crippen MR) is 111 cm³/mol. The number of sulfone groups is 1. The molecule has 3 aromatic rings. The highest BCUT2D eigenvalue weighted by atomic mass is 32.2. The van der Waals surface area contributed by atoms with Crippen LogP contribution in [0.5, 0.6) is 0 Å². The number of hydrogen-bond donors (Lipinski definition) is 1. The van der Waals surface area contributed by atoms with Crippen LogP contribution in [0.25, 0.3) is 11.3 Å². The number of aryl methyl sites for hydroxylation is 2. The van der Waals surface area contributed by atoms with Crippen LogP contribution < -0.4 is 0 Å². The molecule has 1 N–H and O–H groups in total. The summed E-state index contributed by atoms with van der Waals surface area (Å²) in [5.74, 6) is -2.32. The van der Waals surface area contributed by atoms with Crippen molar-refractivity contribution in [2.75, 3.05) is 5.75 Å². The Morgan fingerprint density at radius 3 is 1.94 bits per heavy atom. The van der Waals surface area contributed by atoms with Gasteiger partial charge in [-0.25, -0.2) is 23.2 Å². The number of rotatable bonds is 6.